The van der Waals surface area contributed by atoms with Gasteiger partial charge in [-0.3, -0.25) is 0 Å². The molecule has 2 N–H and O–H groups in total. The summed E-state index contributed by atoms with van der Waals surface area (Å²) in [6.07, 6.45) is -5.12. The Labute approximate surface area is 111 Å². The fraction of sp³-hybridized carbons (Fsp3) is 0.917. The third kappa shape index (κ3) is 3.32. The summed E-state index contributed by atoms with van der Waals surface area (Å²) in [4.78, 5) is 12.9. The molecular formula is C12H21F3N2O2. The standard InChI is InChI=1S/C12H21F3N2O2/c1-10(2,3)19-9(18)17-6-8(5-16)11(4,7-17)12(13,14)15/h8H,5-7,16H2,1-4H3. The maximum atomic E-state index is 13.1. The summed E-state index contributed by atoms with van der Waals surface area (Å²) in [6, 6.07) is 0. The average molecular weight is 282 g/mol. The van der Waals surface area contributed by atoms with E-state index >= 15 is 0 Å². The van der Waals surface area contributed by atoms with Crippen LogP contribution in [0.5, 0.6) is 0 Å². The third-order valence-corrected chi connectivity index (χ3v) is 3.44. The van der Waals surface area contributed by atoms with Gasteiger partial charge >= 0.3 is 12.3 Å². The molecule has 2 unspecified atom stereocenters. The molecule has 0 spiro atoms. The molecule has 1 fully saturated rings. The second-order valence-electron chi connectivity index (χ2n) is 6.21. The summed E-state index contributed by atoms with van der Waals surface area (Å²) in [5.74, 6) is -0.806. The minimum absolute atomic E-state index is 0.0264. The molecule has 0 aliphatic carbocycles. The van der Waals surface area contributed by atoms with Gasteiger partial charge in [0.05, 0.1) is 5.41 Å². The van der Waals surface area contributed by atoms with Gasteiger partial charge in [-0.1, -0.05) is 0 Å². The van der Waals surface area contributed by atoms with Crippen LogP contribution in [0.25, 0.3) is 0 Å². The van der Waals surface area contributed by atoms with Crippen LogP contribution >= 0.6 is 0 Å². The molecule has 4 nitrogen and oxygen atoms in total. The summed E-state index contributed by atoms with van der Waals surface area (Å²) in [7, 11) is 0. The third-order valence-electron chi connectivity index (χ3n) is 3.44. The zero-order valence-corrected chi connectivity index (χ0v) is 11.7. The predicted octanol–water partition coefficient (Wildman–Crippen LogP) is 2.38. The maximum absolute atomic E-state index is 13.1. The molecule has 2 atom stereocenters. The van der Waals surface area contributed by atoms with Crippen LogP contribution in [0.2, 0.25) is 0 Å². The second-order valence-corrected chi connectivity index (χ2v) is 6.21. The zero-order chi connectivity index (χ0) is 15.1. The van der Waals surface area contributed by atoms with Gasteiger partial charge in [-0.25, -0.2) is 4.79 Å². The van der Waals surface area contributed by atoms with Crippen molar-refractivity contribution in [1.82, 2.24) is 4.90 Å². The highest BCUT2D eigenvalue weighted by Crippen LogP contribution is 2.48. The number of amides is 1. The number of nitrogens with two attached hydrogens (primary N) is 1. The lowest BCUT2D eigenvalue weighted by molar-refractivity contribution is -0.224. The Bertz CT molecular complexity index is 352. The molecule has 0 radical (unpaired) electrons. The van der Waals surface area contributed by atoms with E-state index in [-0.39, 0.29) is 13.1 Å². The first-order chi connectivity index (χ1) is 8.40. The molecule has 1 aliphatic rings. The average Bonchev–Trinajstić information content (AvgIpc) is 2.53. The van der Waals surface area contributed by atoms with Crippen LogP contribution in [0.1, 0.15) is 27.7 Å². The number of hydrogen-bond acceptors (Lipinski definition) is 3. The number of ether oxygens (including phenoxy) is 1. The molecule has 1 rings (SSSR count). The normalized spacial score (nSPS) is 28.6. The Kier molecular flexibility index (Phi) is 4.10. The Hall–Kier alpha value is -0.980. The monoisotopic (exact) mass is 282 g/mol. The van der Waals surface area contributed by atoms with Gasteiger partial charge in [0.15, 0.2) is 0 Å². The number of carbonyl (C=O) groups is 1. The van der Waals surface area contributed by atoms with Crippen LogP contribution in [-0.4, -0.2) is 42.4 Å². The van der Waals surface area contributed by atoms with Gasteiger partial charge in [-0.2, -0.15) is 13.2 Å². The van der Waals surface area contributed by atoms with Gasteiger partial charge in [-0.05, 0) is 34.2 Å². The number of halogens is 3. The first-order valence-electron chi connectivity index (χ1n) is 6.15. The molecule has 112 valence electrons. The highest BCUT2D eigenvalue weighted by Gasteiger charge is 2.60. The minimum Gasteiger partial charge on any atom is -0.444 e. The summed E-state index contributed by atoms with van der Waals surface area (Å²) in [5, 5.41) is 0. The lowest BCUT2D eigenvalue weighted by Gasteiger charge is -2.32. The van der Waals surface area contributed by atoms with Gasteiger partial charge in [0, 0.05) is 19.0 Å². The molecule has 1 saturated heterocycles. The van der Waals surface area contributed by atoms with E-state index in [1.807, 2.05) is 0 Å². The lowest BCUT2D eigenvalue weighted by atomic mass is 9.79. The number of hydrogen-bond donors (Lipinski definition) is 1. The van der Waals surface area contributed by atoms with Crippen molar-refractivity contribution in [1.29, 1.82) is 0 Å². The first-order valence-corrected chi connectivity index (χ1v) is 6.15. The Morgan fingerprint density at radius 2 is 1.95 bits per heavy atom. The molecule has 7 heteroatoms. The van der Waals surface area contributed by atoms with Gasteiger partial charge in [0.1, 0.15) is 5.60 Å². The van der Waals surface area contributed by atoms with Crippen LogP contribution in [0.15, 0.2) is 0 Å². The van der Waals surface area contributed by atoms with Crippen LogP contribution in [0, 0.1) is 11.3 Å². The number of rotatable bonds is 1. The smallest absolute Gasteiger partial charge is 0.410 e. The second kappa shape index (κ2) is 4.85. The van der Waals surface area contributed by atoms with E-state index < -0.39 is 35.7 Å². The molecule has 0 saturated carbocycles. The topological polar surface area (TPSA) is 55.6 Å². The van der Waals surface area contributed by atoms with Crippen molar-refractivity contribution < 1.29 is 22.7 Å². The molecule has 0 bridgehead atoms. The maximum Gasteiger partial charge on any atom is 0.410 e. The molecule has 0 aromatic rings. The van der Waals surface area contributed by atoms with E-state index in [2.05, 4.69) is 0 Å². The SMILES string of the molecule is CC(C)(C)OC(=O)N1CC(CN)C(C)(C(F)(F)F)C1. The van der Waals surface area contributed by atoms with Gasteiger partial charge in [-0.15, -0.1) is 0 Å². The van der Waals surface area contributed by atoms with E-state index in [1.54, 1.807) is 20.8 Å². The quantitative estimate of drug-likeness (QED) is 0.803. The Morgan fingerprint density at radius 1 is 1.42 bits per heavy atom. The summed E-state index contributed by atoms with van der Waals surface area (Å²) in [6.45, 7) is 5.57. The van der Waals surface area contributed by atoms with Crippen molar-refractivity contribution in [3.63, 3.8) is 0 Å². The lowest BCUT2D eigenvalue weighted by Crippen LogP contribution is -2.45. The van der Waals surface area contributed by atoms with E-state index in [9.17, 15) is 18.0 Å². The van der Waals surface area contributed by atoms with Crippen LogP contribution < -0.4 is 5.73 Å². The Balaban J connectivity index is 2.86. The summed E-state index contributed by atoms with van der Waals surface area (Å²) in [5.41, 5.74) is 2.71. The highest BCUT2D eigenvalue weighted by molar-refractivity contribution is 5.68. The fourth-order valence-electron chi connectivity index (χ4n) is 2.18. The van der Waals surface area contributed by atoms with Gasteiger partial charge < -0.3 is 15.4 Å². The van der Waals surface area contributed by atoms with E-state index in [0.29, 0.717) is 0 Å². The molecule has 0 aromatic carbocycles. The summed E-state index contributed by atoms with van der Waals surface area (Å²) < 4.78 is 44.5. The molecule has 1 aliphatic heterocycles. The van der Waals surface area contributed by atoms with E-state index in [0.717, 1.165) is 11.8 Å². The molecule has 19 heavy (non-hydrogen) atoms. The largest absolute Gasteiger partial charge is 0.444 e. The van der Waals surface area contributed by atoms with Crippen molar-refractivity contribution in [2.45, 2.75) is 39.5 Å². The van der Waals surface area contributed by atoms with Crippen molar-refractivity contribution in [2.24, 2.45) is 17.1 Å². The van der Waals surface area contributed by atoms with Crippen LogP contribution in [-0.2, 0) is 4.74 Å². The number of alkyl halides is 3. The van der Waals surface area contributed by atoms with Crippen molar-refractivity contribution in [3.8, 4) is 0 Å². The first kappa shape index (κ1) is 16.1. The molecule has 1 amide bonds. The minimum atomic E-state index is -4.40. The molecule has 0 aromatic heterocycles. The fourth-order valence-corrected chi connectivity index (χ4v) is 2.18. The highest BCUT2D eigenvalue weighted by atomic mass is 19.4. The van der Waals surface area contributed by atoms with E-state index in [1.165, 1.54) is 0 Å². The summed E-state index contributed by atoms with van der Waals surface area (Å²) >= 11 is 0. The van der Waals surface area contributed by atoms with Crippen molar-refractivity contribution in [2.75, 3.05) is 19.6 Å². The van der Waals surface area contributed by atoms with E-state index in [4.69, 9.17) is 10.5 Å². The number of likely N-dealkylation sites (tertiary alicyclic amines) is 1. The number of nitrogens with zero attached hydrogens (tertiary/aromatic N) is 1. The van der Waals surface area contributed by atoms with Crippen LogP contribution in [0.4, 0.5) is 18.0 Å². The molecule has 1 heterocycles. The van der Waals surface area contributed by atoms with Gasteiger partial charge in [0.25, 0.3) is 0 Å². The zero-order valence-electron chi connectivity index (χ0n) is 11.7. The predicted molar refractivity (Wildman–Crippen MR) is 64.5 cm³/mol. The Morgan fingerprint density at radius 3 is 2.26 bits per heavy atom. The number of carbonyl (C=O) groups excluding carboxylic acids is 1. The van der Waals surface area contributed by atoms with Crippen molar-refractivity contribution >= 4 is 6.09 Å². The molecular weight excluding hydrogens is 261 g/mol. The van der Waals surface area contributed by atoms with Gasteiger partial charge in [0.2, 0.25) is 0 Å². The van der Waals surface area contributed by atoms with Crippen molar-refractivity contribution in [3.05, 3.63) is 0 Å². The van der Waals surface area contributed by atoms with Crippen LogP contribution in [0.3, 0.4) is 0 Å².